The van der Waals surface area contributed by atoms with Gasteiger partial charge in [0.1, 0.15) is 18.1 Å². The van der Waals surface area contributed by atoms with Gasteiger partial charge in [0, 0.05) is 0 Å². The highest BCUT2D eigenvalue weighted by molar-refractivity contribution is 7.13. The van der Waals surface area contributed by atoms with Crippen LogP contribution in [0.2, 0.25) is 0 Å². The lowest BCUT2D eigenvalue weighted by atomic mass is 10.3. The summed E-state index contributed by atoms with van der Waals surface area (Å²) in [6.45, 7) is -0.668. The van der Waals surface area contributed by atoms with E-state index in [1.54, 1.807) is 0 Å². The van der Waals surface area contributed by atoms with E-state index in [0.717, 1.165) is 4.88 Å². The van der Waals surface area contributed by atoms with Crippen LogP contribution in [0.5, 0.6) is 0 Å². The van der Waals surface area contributed by atoms with E-state index in [-0.39, 0.29) is 12.2 Å². The molecule has 0 amide bonds. The van der Waals surface area contributed by atoms with Crippen molar-refractivity contribution in [2.75, 3.05) is 6.67 Å². The van der Waals surface area contributed by atoms with Crippen LogP contribution in [0.15, 0.2) is 23.6 Å². The van der Waals surface area contributed by atoms with Crippen LogP contribution in [0.4, 0.5) is 4.39 Å². The van der Waals surface area contributed by atoms with Crippen LogP contribution in [0.3, 0.4) is 0 Å². The number of hydrogen-bond donors (Lipinski definition) is 1. The molecule has 2 aromatic heterocycles. The molecule has 0 aliphatic carbocycles. The lowest BCUT2D eigenvalue weighted by Gasteiger charge is -1.98. The largest absolute Gasteiger partial charge is 0.477 e. The molecule has 0 aromatic carbocycles. The maximum atomic E-state index is 12.2. The number of thiophene rings is 1. The molecule has 0 aliphatic heterocycles. The maximum absolute atomic E-state index is 12.2. The quantitative estimate of drug-likeness (QED) is 0.892. The average Bonchev–Trinajstić information content (AvgIpc) is 2.83. The zero-order valence-corrected chi connectivity index (χ0v) is 9.08. The van der Waals surface area contributed by atoms with Gasteiger partial charge >= 0.3 is 5.97 Å². The number of alkyl halides is 1. The third-order valence-electron chi connectivity index (χ3n) is 2.07. The minimum Gasteiger partial charge on any atom is -0.477 e. The molecule has 0 radical (unpaired) electrons. The standard InChI is InChI=1S/C10H9FN2O2S/c11-3-4-13-8(10(14)15)6-7(12-13)9-2-1-5-16-9/h1-2,5-6H,3-4H2,(H,14,15). The Hall–Kier alpha value is -1.69. The first kappa shape index (κ1) is 10.8. The second-order valence-corrected chi connectivity index (χ2v) is 4.06. The van der Waals surface area contributed by atoms with Crippen molar-refractivity contribution in [3.05, 3.63) is 29.3 Å². The molecule has 4 nitrogen and oxygen atoms in total. The predicted octanol–water partition coefficient (Wildman–Crippen LogP) is 2.28. The number of rotatable bonds is 4. The van der Waals surface area contributed by atoms with Gasteiger partial charge in [-0.25, -0.2) is 9.18 Å². The molecule has 0 atom stereocenters. The Morgan fingerprint density at radius 1 is 1.62 bits per heavy atom. The zero-order chi connectivity index (χ0) is 11.5. The molecule has 2 aromatic rings. The van der Waals surface area contributed by atoms with Gasteiger partial charge in [0.15, 0.2) is 0 Å². The Morgan fingerprint density at radius 2 is 2.44 bits per heavy atom. The molecule has 16 heavy (non-hydrogen) atoms. The summed E-state index contributed by atoms with van der Waals surface area (Å²) < 4.78 is 13.4. The van der Waals surface area contributed by atoms with E-state index in [9.17, 15) is 9.18 Å². The van der Waals surface area contributed by atoms with Crippen LogP contribution in [0.1, 0.15) is 10.5 Å². The summed E-state index contributed by atoms with van der Waals surface area (Å²) in [5.74, 6) is -1.09. The van der Waals surface area contributed by atoms with Gasteiger partial charge in [0.25, 0.3) is 0 Å². The molecule has 0 unspecified atom stereocenters. The zero-order valence-electron chi connectivity index (χ0n) is 8.26. The number of aromatic nitrogens is 2. The summed E-state index contributed by atoms with van der Waals surface area (Å²) >= 11 is 1.47. The monoisotopic (exact) mass is 240 g/mol. The lowest BCUT2D eigenvalue weighted by Crippen LogP contribution is -2.10. The summed E-state index contributed by atoms with van der Waals surface area (Å²) in [7, 11) is 0. The van der Waals surface area contributed by atoms with Gasteiger partial charge in [-0.1, -0.05) is 6.07 Å². The van der Waals surface area contributed by atoms with E-state index in [4.69, 9.17) is 5.11 Å². The minimum absolute atomic E-state index is 0.0149. The first-order chi connectivity index (χ1) is 7.72. The minimum atomic E-state index is -1.09. The molecule has 6 heteroatoms. The van der Waals surface area contributed by atoms with Gasteiger partial charge in [-0.15, -0.1) is 11.3 Å². The fraction of sp³-hybridized carbons (Fsp3) is 0.200. The van der Waals surface area contributed by atoms with Gasteiger partial charge in [0.2, 0.25) is 0 Å². The predicted molar refractivity (Wildman–Crippen MR) is 58.5 cm³/mol. The Labute approximate surface area is 95.0 Å². The van der Waals surface area contributed by atoms with E-state index < -0.39 is 12.6 Å². The second-order valence-electron chi connectivity index (χ2n) is 3.11. The summed E-state index contributed by atoms with van der Waals surface area (Å²) in [5, 5.41) is 14.9. The van der Waals surface area contributed by atoms with E-state index >= 15 is 0 Å². The van der Waals surface area contributed by atoms with Crippen LogP contribution < -0.4 is 0 Å². The van der Waals surface area contributed by atoms with Crippen molar-refractivity contribution < 1.29 is 14.3 Å². The number of aromatic carboxylic acids is 1. The number of nitrogens with zero attached hydrogens (tertiary/aromatic N) is 2. The molecule has 0 bridgehead atoms. The molecular formula is C10H9FN2O2S. The number of aryl methyl sites for hydroxylation is 1. The number of hydrogen-bond acceptors (Lipinski definition) is 3. The van der Waals surface area contributed by atoms with Crippen molar-refractivity contribution in [3.8, 4) is 10.6 Å². The first-order valence-electron chi connectivity index (χ1n) is 4.63. The normalized spacial score (nSPS) is 10.6. The summed E-state index contributed by atoms with van der Waals surface area (Å²) in [6.07, 6.45) is 0. The maximum Gasteiger partial charge on any atom is 0.354 e. The fourth-order valence-corrected chi connectivity index (χ4v) is 2.07. The van der Waals surface area contributed by atoms with Crippen molar-refractivity contribution in [2.24, 2.45) is 0 Å². The van der Waals surface area contributed by atoms with Crippen LogP contribution in [-0.4, -0.2) is 27.5 Å². The molecule has 0 aliphatic rings. The van der Waals surface area contributed by atoms with Gasteiger partial charge in [-0.05, 0) is 17.5 Å². The van der Waals surface area contributed by atoms with E-state index in [0.29, 0.717) is 5.69 Å². The van der Waals surface area contributed by atoms with Gasteiger partial charge < -0.3 is 5.11 Å². The van der Waals surface area contributed by atoms with Crippen LogP contribution >= 0.6 is 11.3 Å². The number of halogens is 1. The van der Waals surface area contributed by atoms with Gasteiger partial charge in [0.05, 0.1) is 11.4 Å². The topological polar surface area (TPSA) is 55.1 Å². The molecule has 0 saturated heterocycles. The summed E-state index contributed by atoms with van der Waals surface area (Å²) in [5.41, 5.74) is 0.585. The Morgan fingerprint density at radius 3 is 3.00 bits per heavy atom. The SMILES string of the molecule is O=C(O)c1cc(-c2cccs2)nn1CCF. The Bertz CT molecular complexity index is 493. The molecule has 0 spiro atoms. The summed E-state index contributed by atoms with van der Waals surface area (Å²) in [4.78, 5) is 11.8. The second kappa shape index (κ2) is 4.44. The van der Waals surface area contributed by atoms with Gasteiger partial charge in [-0.2, -0.15) is 5.10 Å². The molecule has 84 valence electrons. The molecule has 2 rings (SSSR count). The van der Waals surface area contributed by atoms with Crippen molar-refractivity contribution >= 4 is 17.3 Å². The number of carboxylic acids is 1. The number of carboxylic acid groups (broad SMARTS) is 1. The smallest absolute Gasteiger partial charge is 0.354 e. The average molecular weight is 240 g/mol. The molecule has 2 heterocycles. The van der Waals surface area contributed by atoms with Crippen molar-refractivity contribution in [3.63, 3.8) is 0 Å². The highest BCUT2D eigenvalue weighted by Crippen LogP contribution is 2.24. The van der Waals surface area contributed by atoms with E-state index in [1.807, 2.05) is 17.5 Å². The molecule has 1 N–H and O–H groups in total. The van der Waals surface area contributed by atoms with Gasteiger partial charge in [-0.3, -0.25) is 4.68 Å². The fourth-order valence-electron chi connectivity index (χ4n) is 1.38. The van der Waals surface area contributed by atoms with Crippen LogP contribution in [0, 0.1) is 0 Å². The molecule has 0 fully saturated rings. The third kappa shape index (κ3) is 1.96. The van der Waals surface area contributed by atoms with Crippen LogP contribution in [-0.2, 0) is 6.54 Å². The first-order valence-corrected chi connectivity index (χ1v) is 5.51. The Balaban J connectivity index is 2.42. The van der Waals surface area contributed by atoms with E-state index in [2.05, 4.69) is 5.10 Å². The number of carbonyl (C=O) groups is 1. The Kier molecular flexibility index (Phi) is 3.00. The molecular weight excluding hydrogens is 231 g/mol. The van der Waals surface area contributed by atoms with Crippen molar-refractivity contribution in [1.29, 1.82) is 0 Å². The highest BCUT2D eigenvalue weighted by atomic mass is 32.1. The van der Waals surface area contributed by atoms with E-state index in [1.165, 1.54) is 22.1 Å². The lowest BCUT2D eigenvalue weighted by molar-refractivity contribution is 0.0682. The van der Waals surface area contributed by atoms with Crippen molar-refractivity contribution in [2.45, 2.75) is 6.54 Å². The van der Waals surface area contributed by atoms with Crippen molar-refractivity contribution in [1.82, 2.24) is 9.78 Å². The third-order valence-corrected chi connectivity index (χ3v) is 2.96. The van der Waals surface area contributed by atoms with Crippen LogP contribution in [0.25, 0.3) is 10.6 Å². The highest BCUT2D eigenvalue weighted by Gasteiger charge is 2.15. The summed E-state index contributed by atoms with van der Waals surface area (Å²) in [6, 6.07) is 5.16. The molecule has 0 saturated carbocycles.